The summed E-state index contributed by atoms with van der Waals surface area (Å²) >= 11 is 0. The Balaban J connectivity index is 2.13. The van der Waals surface area contributed by atoms with E-state index in [1.807, 2.05) is 47.9 Å². The number of para-hydroxylation sites is 1. The van der Waals surface area contributed by atoms with Gasteiger partial charge >= 0.3 is 0 Å². The van der Waals surface area contributed by atoms with Crippen molar-refractivity contribution in [3.05, 3.63) is 71.9 Å². The first-order valence-corrected chi connectivity index (χ1v) is 11.4. The van der Waals surface area contributed by atoms with Crippen molar-refractivity contribution in [2.45, 2.75) is 17.9 Å². The Morgan fingerprint density at radius 2 is 1.77 bits per heavy atom. The molecule has 1 aromatic heterocycles. The van der Waals surface area contributed by atoms with Gasteiger partial charge in [-0.3, -0.25) is 4.79 Å². The number of nitrogens with two attached hydrogens (primary N) is 1. The number of aliphatic hydroxyl groups is 1. The van der Waals surface area contributed by atoms with Crippen molar-refractivity contribution in [2.24, 2.45) is 5.73 Å². The summed E-state index contributed by atoms with van der Waals surface area (Å²) in [7, 11) is -3.30. The SMILES string of the molecule is Cc1c(C(N)C(=O)NCCO)cc(-c2ccc(S(C)(=O)=O)cc2)n1-c1ccccc1. The van der Waals surface area contributed by atoms with Crippen LogP contribution in [0.15, 0.2) is 65.6 Å². The fourth-order valence-corrected chi connectivity index (χ4v) is 4.00. The normalized spacial score (nSPS) is 12.5. The molecule has 1 heterocycles. The van der Waals surface area contributed by atoms with Gasteiger partial charge in [-0.25, -0.2) is 8.42 Å². The Labute approximate surface area is 176 Å². The van der Waals surface area contributed by atoms with E-state index in [9.17, 15) is 13.2 Å². The lowest BCUT2D eigenvalue weighted by Crippen LogP contribution is -2.35. The third kappa shape index (κ3) is 4.46. The van der Waals surface area contributed by atoms with Crippen molar-refractivity contribution >= 4 is 15.7 Å². The summed E-state index contributed by atoms with van der Waals surface area (Å²) in [6.07, 6.45) is 1.17. The molecule has 3 rings (SSSR count). The zero-order valence-electron chi connectivity index (χ0n) is 16.9. The minimum Gasteiger partial charge on any atom is -0.395 e. The minimum absolute atomic E-state index is 0.130. The first-order valence-electron chi connectivity index (χ1n) is 9.46. The molecule has 30 heavy (non-hydrogen) atoms. The highest BCUT2D eigenvalue weighted by molar-refractivity contribution is 7.90. The third-order valence-electron chi connectivity index (χ3n) is 4.91. The number of rotatable bonds is 7. The largest absolute Gasteiger partial charge is 0.395 e. The Morgan fingerprint density at radius 1 is 1.13 bits per heavy atom. The number of sulfone groups is 1. The van der Waals surface area contributed by atoms with E-state index in [1.165, 1.54) is 6.26 Å². The number of carbonyl (C=O) groups excluding carboxylic acids is 1. The van der Waals surface area contributed by atoms with E-state index < -0.39 is 15.9 Å². The van der Waals surface area contributed by atoms with Crippen molar-refractivity contribution in [1.29, 1.82) is 0 Å². The molecule has 0 spiro atoms. The first-order chi connectivity index (χ1) is 14.2. The number of hydrogen-bond acceptors (Lipinski definition) is 5. The average Bonchev–Trinajstić information content (AvgIpc) is 3.08. The van der Waals surface area contributed by atoms with Crippen molar-refractivity contribution in [3.63, 3.8) is 0 Å². The van der Waals surface area contributed by atoms with Crippen LogP contribution in [0.4, 0.5) is 0 Å². The summed E-state index contributed by atoms with van der Waals surface area (Å²) in [4.78, 5) is 12.6. The number of amides is 1. The second-order valence-electron chi connectivity index (χ2n) is 7.03. The molecule has 0 aliphatic heterocycles. The van der Waals surface area contributed by atoms with E-state index in [1.54, 1.807) is 24.3 Å². The van der Waals surface area contributed by atoms with Gasteiger partial charge in [0.25, 0.3) is 0 Å². The number of hydrogen-bond donors (Lipinski definition) is 3. The highest BCUT2D eigenvalue weighted by Crippen LogP contribution is 2.32. The molecule has 0 saturated carbocycles. The molecule has 1 atom stereocenters. The highest BCUT2D eigenvalue weighted by Gasteiger charge is 2.23. The highest BCUT2D eigenvalue weighted by atomic mass is 32.2. The summed E-state index contributed by atoms with van der Waals surface area (Å²) in [6, 6.07) is 17.2. The van der Waals surface area contributed by atoms with Gasteiger partial charge in [0.1, 0.15) is 6.04 Å². The third-order valence-corrected chi connectivity index (χ3v) is 6.04. The first kappa shape index (κ1) is 21.8. The molecule has 158 valence electrons. The van der Waals surface area contributed by atoms with Crippen LogP contribution < -0.4 is 11.1 Å². The van der Waals surface area contributed by atoms with Crippen LogP contribution in [0.25, 0.3) is 16.9 Å². The summed E-state index contributed by atoms with van der Waals surface area (Å²) in [5.41, 5.74) is 10.1. The zero-order valence-corrected chi connectivity index (χ0v) is 17.7. The van der Waals surface area contributed by atoms with Crippen molar-refractivity contribution in [2.75, 3.05) is 19.4 Å². The Bertz CT molecular complexity index is 1140. The lowest BCUT2D eigenvalue weighted by Gasteiger charge is -2.14. The predicted molar refractivity (Wildman–Crippen MR) is 116 cm³/mol. The number of benzene rings is 2. The fraction of sp³-hybridized carbons (Fsp3) is 0.227. The second-order valence-corrected chi connectivity index (χ2v) is 9.05. The van der Waals surface area contributed by atoms with Gasteiger partial charge in [0.15, 0.2) is 9.84 Å². The number of nitrogens with one attached hydrogen (secondary N) is 1. The van der Waals surface area contributed by atoms with E-state index in [0.717, 1.165) is 22.6 Å². The molecule has 0 aliphatic rings. The van der Waals surface area contributed by atoms with Gasteiger partial charge < -0.3 is 20.7 Å². The Hall–Kier alpha value is -2.94. The number of nitrogens with zero attached hydrogens (tertiary/aromatic N) is 1. The van der Waals surface area contributed by atoms with E-state index in [0.29, 0.717) is 5.56 Å². The monoisotopic (exact) mass is 427 g/mol. The van der Waals surface area contributed by atoms with Gasteiger partial charge in [-0.1, -0.05) is 30.3 Å². The molecule has 1 amide bonds. The summed E-state index contributed by atoms with van der Waals surface area (Å²) in [6.45, 7) is 1.85. The van der Waals surface area contributed by atoms with Crippen LogP contribution in [0.3, 0.4) is 0 Å². The number of aliphatic hydroxyl groups excluding tert-OH is 1. The van der Waals surface area contributed by atoms with Gasteiger partial charge in [-0.2, -0.15) is 0 Å². The fourth-order valence-electron chi connectivity index (χ4n) is 3.37. The van der Waals surface area contributed by atoms with Crippen LogP contribution in [0.5, 0.6) is 0 Å². The molecule has 4 N–H and O–H groups in total. The van der Waals surface area contributed by atoms with Crippen molar-refractivity contribution in [1.82, 2.24) is 9.88 Å². The predicted octanol–water partition coefficient (Wildman–Crippen LogP) is 1.96. The van der Waals surface area contributed by atoms with Crippen LogP contribution in [0, 0.1) is 6.92 Å². The molecule has 0 fully saturated rings. The quantitative estimate of drug-likeness (QED) is 0.533. The standard InChI is InChI=1S/C22H25N3O4S/c1-15-19(21(23)22(27)24-12-13-26)14-20(25(15)17-6-4-3-5-7-17)16-8-10-18(11-9-16)30(2,28)29/h3-11,14,21,26H,12-13,23H2,1-2H3,(H,24,27). The maximum atomic E-state index is 12.4. The maximum Gasteiger partial charge on any atom is 0.241 e. The molecule has 0 radical (unpaired) electrons. The molecule has 0 saturated heterocycles. The van der Waals surface area contributed by atoms with Crippen LogP contribution in [0.2, 0.25) is 0 Å². The van der Waals surface area contributed by atoms with Gasteiger partial charge in [-0.15, -0.1) is 0 Å². The molecule has 8 heteroatoms. The molecule has 2 aromatic carbocycles. The van der Waals surface area contributed by atoms with Crippen molar-refractivity contribution < 1.29 is 18.3 Å². The lowest BCUT2D eigenvalue weighted by atomic mass is 10.1. The van der Waals surface area contributed by atoms with Gasteiger partial charge in [0.2, 0.25) is 5.91 Å². The smallest absolute Gasteiger partial charge is 0.241 e. The topological polar surface area (TPSA) is 114 Å². The molecular weight excluding hydrogens is 402 g/mol. The molecular formula is C22H25N3O4S. The Morgan fingerprint density at radius 3 is 2.33 bits per heavy atom. The molecule has 1 unspecified atom stereocenters. The second kappa shape index (κ2) is 8.83. The van der Waals surface area contributed by atoms with Crippen LogP contribution in [0.1, 0.15) is 17.3 Å². The number of carbonyl (C=O) groups is 1. The van der Waals surface area contributed by atoms with Gasteiger partial charge in [0, 0.05) is 24.2 Å². The summed E-state index contributed by atoms with van der Waals surface area (Å²) in [5.74, 6) is -0.378. The van der Waals surface area contributed by atoms with Crippen LogP contribution in [-0.2, 0) is 14.6 Å². The maximum absolute atomic E-state index is 12.4. The van der Waals surface area contributed by atoms with Gasteiger partial charge in [-0.05, 0) is 48.4 Å². The molecule has 3 aromatic rings. The van der Waals surface area contributed by atoms with E-state index in [-0.39, 0.29) is 24.0 Å². The number of aromatic nitrogens is 1. The van der Waals surface area contributed by atoms with Crippen molar-refractivity contribution in [3.8, 4) is 16.9 Å². The van der Waals surface area contributed by atoms with Gasteiger partial charge in [0.05, 0.1) is 17.2 Å². The van der Waals surface area contributed by atoms with Crippen LogP contribution in [-0.4, -0.2) is 43.4 Å². The lowest BCUT2D eigenvalue weighted by molar-refractivity contribution is -0.122. The van der Waals surface area contributed by atoms with E-state index in [2.05, 4.69) is 5.32 Å². The van der Waals surface area contributed by atoms with E-state index in [4.69, 9.17) is 10.8 Å². The van der Waals surface area contributed by atoms with E-state index >= 15 is 0 Å². The minimum atomic E-state index is -3.30. The molecule has 0 bridgehead atoms. The van der Waals surface area contributed by atoms with Crippen LogP contribution >= 0.6 is 0 Å². The average molecular weight is 428 g/mol. The zero-order chi connectivity index (χ0) is 21.9. The summed E-state index contributed by atoms with van der Waals surface area (Å²) in [5, 5.41) is 11.5. The molecule has 7 nitrogen and oxygen atoms in total. The summed E-state index contributed by atoms with van der Waals surface area (Å²) < 4.78 is 25.6. The molecule has 0 aliphatic carbocycles. The Kier molecular flexibility index (Phi) is 6.40.